The zero-order valence-electron chi connectivity index (χ0n) is 13.5. The number of rotatable bonds is 5. The second-order valence-electron chi connectivity index (χ2n) is 5.51. The maximum absolute atomic E-state index is 12.2. The van der Waals surface area contributed by atoms with Crippen LogP contribution in [0.15, 0.2) is 30.6 Å². The van der Waals surface area contributed by atoms with Crippen molar-refractivity contribution in [2.45, 2.75) is 0 Å². The molecule has 1 fully saturated rings. The van der Waals surface area contributed by atoms with Crippen molar-refractivity contribution < 1.29 is 14.3 Å². The lowest BCUT2D eigenvalue weighted by molar-refractivity contribution is 0.0193. The Bertz CT molecular complexity index is 752. The Hall–Kier alpha value is -1.73. The fraction of sp³-hybridized carbons (Fsp3) is 0.353. The Morgan fingerprint density at radius 3 is 2.72 bits per heavy atom. The number of halogens is 2. The highest BCUT2D eigenvalue weighted by Gasteiger charge is 2.14. The lowest BCUT2D eigenvalue weighted by Crippen LogP contribution is -2.38. The van der Waals surface area contributed by atoms with Crippen molar-refractivity contribution >= 4 is 29.2 Å². The Balaban J connectivity index is 1.62. The molecule has 0 amide bonds. The highest BCUT2D eigenvalue weighted by Crippen LogP contribution is 2.27. The summed E-state index contributed by atoms with van der Waals surface area (Å²) in [6.45, 7) is 4.13. The van der Waals surface area contributed by atoms with Crippen LogP contribution in [-0.2, 0) is 9.47 Å². The molecule has 0 atom stereocenters. The largest absolute Gasteiger partial charge is 0.460 e. The first-order valence-corrected chi connectivity index (χ1v) is 8.64. The zero-order valence-corrected chi connectivity index (χ0v) is 15.0. The minimum atomic E-state index is -0.475. The first-order valence-electron chi connectivity index (χ1n) is 7.88. The summed E-state index contributed by atoms with van der Waals surface area (Å²) in [7, 11) is 0. The highest BCUT2D eigenvalue weighted by atomic mass is 35.5. The molecule has 0 radical (unpaired) electrons. The molecule has 1 aromatic heterocycles. The van der Waals surface area contributed by atoms with Crippen molar-refractivity contribution in [2.24, 2.45) is 0 Å². The SMILES string of the molecule is O=C(OCCN1CCOCC1)c1cc(-c2ccc(Cl)c(Cl)c2)ncn1. The summed E-state index contributed by atoms with van der Waals surface area (Å²) in [6, 6.07) is 6.74. The number of benzene rings is 1. The van der Waals surface area contributed by atoms with Gasteiger partial charge in [0.25, 0.3) is 0 Å². The predicted molar refractivity (Wildman–Crippen MR) is 95.0 cm³/mol. The van der Waals surface area contributed by atoms with E-state index >= 15 is 0 Å². The third-order valence-corrected chi connectivity index (χ3v) is 4.57. The number of hydrogen-bond acceptors (Lipinski definition) is 6. The molecule has 0 bridgehead atoms. The molecule has 0 N–H and O–H groups in total. The predicted octanol–water partition coefficient (Wildman–Crippen LogP) is 2.94. The number of ether oxygens (including phenoxy) is 2. The van der Waals surface area contributed by atoms with Crippen LogP contribution < -0.4 is 0 Å². The van der Waals surface area contributed by atoms with Gasteiger partial charge in [0.2, 0.25) is 0 Å². The average Bonchev–Trinajstić information content (AvgIpc) is 2.65. The average molecular weight is 382 g/mol. The van der Waals surface area contributed by atoms with Crippen LogP contribution in [0, 0.1) is 0 Å². The van der Waals surface area contributed by atoms with E-state index in [2.05, 4.69) is 14.9 Å². The highest BCUT2D eigenvalue weighted by molar-refractivity contribution is 6.42. The molecular weight excluding hydrogens is 365 g/mol. The summed E-state index contributed by atoms with van der Waals surface area (Å²) in [5.74, 6) is -0.475. The molecule has 3 rings (SSSR count). The van der Waals surface area contributed by atoms with Crippen molar-refractivity contribution in [3.8, 4) is 11.3 Å². The van der Waals surface area contributed by atoms with Crippen LogP contribution in [-0.4, -0.2) is 60.3 Å². The Labute approximate surface area is 155 Å². The van der Waals surface area contributed by atoms with Crippen molar-refractivity contribution in [3.05, 3.63) is 46.3 Å². The van der Waals surface area contributed by atoms with Gasteiger partial charge in [-0.15, -0.1) is 0 Å². The molecule has 132 valence electrons. The van der Waals surface area contributed by atoms with Crippen LogP contribution in [0.4, 0.5) is 0 Å². The van der Waals surface area contributed by atoms with Gasteiger partial charge in [-0.1, -0.05) is 29.3 Å². The minimum Gasteiger partial charge on any atom is -0.460 e. The second-order valence-corrected chi connectivity index (χ2v) is 6.32. The molecule has 2 aromatic rings. The van der Waals surface area contributed by atoms with Gasteiger partial charge in [-0.3, -0.25) is 4.90 Å². The molecule has 0 spiro atoms. The fourth-order valence-electron chi connectivity index (χ4n) is 2.45. The van der Waals surface area contributed by atoms with Crippen LogP contribution in [0.5, 0.6) is 0 Å². The summed E-state index contributed by atoms with van der Waals surface area (Å²) in [6.07, 6.45) is 1.33. The summed E-state index contributed by atoms with van der Waals surface area (Å²) in [5, 5.41) is 0.884. The lowest BCUT2D eigenvalue weighted by atomic mass is 10.1. The number of morpholine rings is 1. The third-order valence-electron chi connectivity index (χ3n) is 3.84. The van der Waals surface area contributed by atoms with Gasteiger partial charge in [-0.2, -0.15) is 0 Å². The molecule has 1 saturated heterocycles. The summed E-state index contributed by atoms with van der Waals surface area (Å²) in [5.41, 5.74) is 1.53. The molecule has 25 heavy (non-hydrogen) atoms. The standard InChI is InChI=1S/C17H17Cl2N3O3/c18-13-2-1-12(9-14(13)19)15-10-16(21-11-20-15)17(23)25-8-5-22-3-6-24-7-4-22/h1-2,9-11H,3-8H2. The molecule has 1 aliphatic rings. The molecule has 2 heterocycles. The van der Waals surface area contributed by atoms with Crippen LogP contribution in [0.2, 0.25) is 10.0 Å². The van der Waals surface area contributed by atoms with Crippen molar-refractivity contribution in [1.29, 1.82) is 0 Å². The van der Waals surface area contributed by atoms with Crippen molar-refractivity contribution in [2.75, 3.05) is 39.5 Å². The molecule has 0 aliphatic carbocycles. The van der Waals surface area contributed by atoms with Gasteiger partial charge >= 0.3 is 5.97 Å². The smallest absolute Gasteiger partial charge is 0.357 e. The number of carbonyl (C=O) groups is 1. The van der Waals surface area contributed by atoms with E-state index in [9.17, 15) is 4.79 Å². The molecule has 6 nitrogen and oxygen atoms in total. The van der Waals surface area contributed by atoms with E-state index in [-0.39, 0.29) is 5.69 Å². The van der Waals surface area contributed by atoms with Crippen molar-refractivity contribution in [1.82, 2.24) is 14.9 Å². The first-order chi connectivity index (χ1) is 12.1. The van der Waals surface area contributed by atoms with E-state index in [1.54, 1.807) is 24.3 Å². The maximum Gasteiger partial charge on any atom is 0.357 e. The number of carbonyl (C=O) groups excluding carboxylic acids is 1. The van der Waals surface area contributed by atoms with E-state index < -0.39 is 5.97 Å². The Morgan fingerprint density at radius 1 is 1.16 bits per heavy atom. The van der Waals surface area contributed by atoms with E-state index in [4.69, 9.17) is 32.7 Å². The second kappa shape index (κ2) is 8.58. The maximum atomic E-state index is 12.2. The van der Waals surface area contributed by atoms with E-state index in [1.807, 2.05) is 0 Å². The molecule has 8 heteroatoms. The Morgan fingerprint density at radius 2 is 1.96 bits per heavy atom. The number of esters is 1. The van der Waals surface area contributed by atoms with Gasteiger partial charge in [0.05, 0.1) is 29.0 Å². The van der Waals surface area contributed by atoms with Gasteiger partial charge in [-0.25, -0.2) is 14.8 Å². The van der Waals surface area contributed by atoms with Crippen LogP contribution in [0.25, 0.3) is 11.3 Å². The quantitative estimate of drug-likeness (QED) is 0.741. The van der Waals surface area contributed by atoms with Gasteiger partial charge in [0, 0.05) is 25.2 Å². The van der Waals surface area contributed by atoms with E-state index in [1.165, 1.54) is 6.33 Å². The van der Waals surface area contributed by atoms with Crippen LogP contribution >= 0.6 is 23.2 Å². The fourth-order valence-corrected chi connectivity index (χ4v) is 2.75. The third kappa shape index (κ3) is 4.89. The van der Waals surface area contributed by atoms with E-state index in [0.717, 1.165) is 18.7 Å². The summed E-state index contributed by atoms with van der Waals surface area (Å²) in [4.78, 5) is 22.5. The number of aromatic nitrogens is 2. The topological polar surface area (TPSA) is 64.5 Å². The minimum absolute atomic E-state index is 0.207. The molecular formula is C17H17Cl2N3O3. The van der Waals surface area contributed by atoms with E-state index in [0.29, 0.717) is 42.1 Å². The van der Waals surface area contributed by atoms with Crippen LogP contribution in [0.1, 0.15) is 10.5 Å². The number of hydrogen-bond donors (Lipinski definition) is 0. The van der Waals surface area contributed by atoms with Gasteiger partial charge in [-0.05, 0) is 18.2 Å². The van der Waals surface area contributed by atoms with Gasteiger partial charge < -0.3 is 9.47 Å². The van der Waals surface area contributed by atoms with Gasteiger partial charge in [0.15, 0.2) is 5.69 Å². The molecule has 1 aliphatic heterocycles. The first kappa shape index (κ1) is 18.1. The molecule has 1 aromatic carbocycles. The summed E-state index contributed by atoms with van der Waals surface area (Å²) < 4.78 is 10.6. The Kier molecular flexibility index (Phi) is 6.20. The normalized spacial score (nSPS) is 15.1. The molecule has 0 saturated carbocycles. The lowest BCUT2D eigenvalue weighted by Gasteiger charge is -2.26. The summed E-state index contributed by atoms with van der Waals surface area (Å²) >= 11 is 11.9. The number of nitrogens with zero attached hydrogens (tertiary/aromatic N) is 3. The van der Waals surface area contributed by atoms with Crippen LogP contribution in [0.3, 0.4) is 0 Å². The van der Waals surface area contributed by atoms with Gasteiger partial charge in [0.1, 0.15) is 12.9 Å². The zero-order chi connectivity index (χ0) is 17.6. The molecule has 0 unspecified atom stereocenters. The monoisotopic (exact) mass is 381 g/mol. The van der Waals surface area contributed by atoms with Crippen molar-refractivity contribution in [3.63, 3.8) is 0 Å².